The van der Waals surface area contributed by atoms with E-state index in [0.29, 0.717) is 22.4 Å². The van der Waals surface area contributed by atoms with E-state index in [4.69, 9.17) is 17.3 Å². The number of hydrogen-bond donors (Lipinski definition) is 1. The summed E-state index contributed by atoms with van der Waals surface area (Å²) in [6.45, 7) is 4.13. The van der Waals surface area contributed by atoms with Crippen molar-refractivity contribution in [2.75, 3.05) is 5.73 Å². The van der Waals surface area contributed by atoms with E-state index in [2.05, 4.69) is 51.4 Å². The summed E-state index contributed by atoms with van der Waals surface area (Å²) >= 11 is 8.26. The van der Waals surface area contributed by atoms with Crippen molar-refractivity contribution in [2.45, 2.75) is 19.8 Å². The molecule has 4 nitrogen and oxygen atoms in total. The molecule has 0 amide bonds. The monoisotopic (exact) mass is 374 g/mol. The molecule has 2 aromatic rings. The predicted molar refractivity (Wildman–Crippen MR) is 81.5 cm³/mol. The lowest BCUT2D eigenvalue weighted by Gasteiger charge is -2.11. The van der Waals surface area contributed by atoms with Crippen LogP contribution in [0.4, 0.5) is 5.82 Å². The molecule has 0 aliphatic rings. The van der Waals surface area contributed by atoms with Crippen molar-refractivity contribution in [1.82, 2.24) is 15.0 Å². The van der Waals surface area contributed by atoms with Crippen molar-refractivity contribution in [1.29, 1.82) is 0 Å². The molecule has 2 N–H and O–H groups in total. The highest BCUT2D eigenvalue weighted by Crippen LogP contribution is 2.28. The van der Waals surface area contributed by atoms with E-state index in [0.717, 1.165) is 9.26 Å². The zero-order chi connectivity index (χ0) is 13.3. The molecule has 0 saturated heterocycles. The molecule has 2 rings (SSSR count). The second kappa shape index (κ2) is 5.36. The molecule has 0 saturated carbocycles. The standard InChI is InChI=1S/C12H12ClIN4/c1-6(2)9-8(14)11(15)18-12(17-9)10-7(13)4-3-5-16-10/h3-6H,1-2H3,(H2,15,17,18). The first-order valence-electron chi connectivity index (χ1n) is 5.44. The first-order chi connectivity index (χ1) is 8.50. The van der Waals surface area contributed by atoms with Crippen LogP contribution in [0.2, 0.25) is 5.02 Å². The van der Waals surface area contributed by atoms with Gasteiger partial charge in [-0.15, -0.1) is 0 Å². The largest absolute Gasteiger partial charge is 0.383 e. The highest BCUT2D eigenvalue weighted by atomic mass is 127. The van der Waals surface area contributed by atoms with Crippen LogP contribution in [0, 0.1) is 3.57 Å². The molecule has 0 fully saturated rings. The quantitative estimate of drug-likeness (QED) is 0.817. The summed E-state index contributed by atoms with van der Waals surface area (Å²) in [4.78, 5) is 13.0. The van der Waals surface area contributed by atoms with Gasteiger partial charge in [-0.05, 0) is 40.6 Å². The maximum atomic E-state index is 6.10. The van der Waals surface area contributed by atoms with Gasteiger partial charge < -0.3 is 5.73 Å². The molecule has 0 bridgehead atoms. The smallest absolute Gasteiger partial charge is 0.182 e. The molecule has 0 aliphatic carbocycles. The number of aromatic nitrogens is 3. The molecule has 0 unspecified atom stereocenters. The van der Waals surface area contributed by atoms with Crippen molar-refractivity contribution in [3.8, 4) is 11.5 Å². The summed E-state index contributed by atoms with van der Waals surface area (Å²) in [6, 6.07) is 3.53. The number of rotatable bonds is 2. The van der Waals surface area contributed by atoms with Crippen LogP contribution in [-0.2, 0) is 0 Å². The summed E-state index contributed by atoms with van der Waals surface area (Å²) in [5.74, 6) is 1.21. The van der Waals surface area contributed by atoms with Gasteiger partial charge >= 0.3 is 0 Å². The molecule has 6 heteroatoms. The third-order valence-corrected chi connectivity index (χ3v) is 3.83. The van der Waals surface area contributed by atoms with Crippen molar-refractivity contribution >= 4 is 40.0 Å². The highest BCUT2D eigenvalue weighted by Gasteiger charge is 2.16. The summed E-state index contributed by atoms with van der Waals surface area (Å²) in [6.07, 6.45) is 1.66. The van der Waals surface area contributed by atoms with E-state index in [1.54, 1.807) is 18.3 Å². The van der Waals surface area contributed by atoms with Gasteiger partial charge in [0.2, 0.25) is 0 Å². The van der Waals surface area contributed by atoms with Crippen LogP contribution in [0.1, 0.15) is 25.5 Å². The summed E-state index contributed by atoms with van der Waals surface area (Å²) in [5, 5.41) is 0.521. The van der Waals surface area contributed by atoms with Crippen LogP contribution in [0.25, 0.3) is 11.5 Å². The van der Waals surface area contributed by atoms with Crippen LogP contribution >= 0.6 is 34.2 Å². The Morgan fingerprint density at radius 3 is 2.67 bits per heavy atom. The average molecular weight is 375 g/mol. The Morgan fingerprint density at radius 2 is 2.06 bits per heavy atom. The minimum atomic E-state index is 0.267. The number of hydrogen-bond acceptors (Lipinski definition) is 4. The fourth-order valence-corrected chi connectivity index (χ4v) is 2.59. The van der Waals surface area contributed by atoms with Gasteiger partial charge in [0.15, 0.2) is 5.82 Å². The number of anilines is 1. The Bertz CT molecular complexity index is 586. The van der Waals surface area contributed by atoms with E-state index in [1.165, 1.54) is 0 Å². The lowest BCUT2D eigenvalue weighted by molar-refractivity contribution is 0.809. The molecule has 0 spiro atoms. The molecular weight excluding hydrogens is 363 g/mol. The number of nitrogens with two attached hydrogens (primary N) is 1. The Hall–Kier alpha value is -0.950. The third-order valence-electron chi connectivity index (χ3n) is 2.42. The Balaban J connectivity index is 2.63. The highest BCUT2D eigenvalue weighted by molar-refractivity contribution is 14.1. The third kappa shape index (κ3) is 2.56. The van der Waals surface area contributed by atoms with Gasteiger partial charge in [0.05, 0.1) is 14.3 Å². The molecule has 2 aromatic heterocycles. The van der Waals surface area contributed by atoms with Gasteiger partial charge in [-0.1, -0.05) is 25.4 Å². The fourth-order valence-electron chi connectivity index (χ4n) is 1.52. The predicted octanol–water partition coefficient (Wildman–Crippen LogP) is 3.50. The second-order valence-corrected chi connectivity index (χ2v) is 5.61. The molecule has 0 radical (unpaired) electrons. The van der Waals surface area contributed by atoms with E-state index < -0.39 is 0 Å². The SMILES string of the molecule is CC(C)c1nc(-c2ncccc2Cl)nc(N)c1I. The average Bonchev–Trinajstić information content (AvgIpc) is 2.33. The summed E-state index contributed by atoms with van der Waals surface area (Å²) in [7, 11) is 0. The van der Waals surface area contributed by atoms with Crippen LogP contribution in [0.15, 0.2) is 18.3 Å². The van der Waals surface area contributed by atoms with E-state index >= 15 is 0 Å². The topological polar surface area (TPSA) is 64.7 Å². The van der Waals surface area contributed by atoms with Gasteiger partial charge in [-0.2, -0.15) is 0 Å². The molecule has 18 heavy (non-hydrogen) atoms. The maximum Gasteiger partial charge on any atom is 0.182 e. The fraction of sp³-hybridized carbons (Fsp3) is 0.250. The maximum absolute atomic E-state index is 6.10. The van der Waals surface area contributed by atoms with Crippen molar-refractivity contribution in [3.05, 3.63) is 32.6 Å². The zero-order valence-electron chi connectivity index (χ0n) is 9.98. The van der Waals surface area contributed by atoms with Crippen LogP contribution in [0.3, 0.4) is 0 Å². The lowest BCUT2D eigenvalue weighted by atomic mass is 10.1. The molecule has 94 valence electrons. The Morgan fingerprint density at radius 1 is 1.33 bits per heavy atom. The number of halogens is 2. The second-order valence-electron chi connectivity index (χ2n) is 4.12. The Labute approximate surface area is 124 Å². The van der Waals surface area contributed by atoms with Crippen LogP contribution in [-0.4, -0.2) is 15.0 Å². The summed E-state index contributed by atoms with van der Waals surface area (Å²) < 4.78 is 0.887. The molecule has 2 heterocycles. The number of nitrogen functional groups attached to an aromatic ring is 1. The van der Waals surface area contributed by atoms with Gasteiger partial charge in [0, 0.05) is 6.20 Å². The minimum Gasteiger partial charge on any atom is -0.383 e. The number of nitrogens with zero attached hydrogens (tertiary/aromatic N) is 3. The minimum absolute atomic E-state index is 0.267. The van der Waals surface area contributed by atoms with Gasteiger partial charge in [-0.25, -0.2) is 9.97 Å². The molecule has 0 aromatic carbocycles. The van der Waals surface area contributed by atoms with E-state index in [9.17, 15) is 0 Å². The van der Waals surface area contributed by atoms with Crippen LogP contribution < -0.4 is 5.73 Å². The Kier molecular flexibility index (Phi) is 4.01. The first-order valence-corrected chi connectivity index (χ1v) is 6.90. The van der Waals surface area contributed by atoms with Gasteiger partial charge in [0.1, 0.15) is 11.5 Å². The van der Waals surface area contributed by atoms with E-state index in [1.807, 2.05) is 0 Å². The zero-order valence-corrected chi connectivity index (χ0v) is 12.9. The lowest BCUT2D eigenvalue weighted by Crippen LogP contribution is -2.07. The van der Waals surface area contributed by atoms with E-state index in [-0.39, 0.29) is 5.92 Å². The normalized spacial score (nSPS) is 10.9. The van der Waals surface area contributed by atoms with Gasteiger partial charge in [0.25, 0.3) is 0 Å². The summed E-state index contributed by atoms with van der Waals surface area (Å²) in [5.41, 5.74) is 7.39. The molecule has 0 aliphatic heterocycles. The number of pyridine rings is 1. The van der Waals surface area contributed by atoms with Crippen molar-refractivity contribution in [3.63, 3.8) is 0 Å². The molecule has 0 atom stereocenters. The van der Waals surface area contributed by atoms with Gasteiger partial charge in [-0.3, -0.25) is 4.98 Å². The molecular formula is C12H12ClIN4. The first kappa shape index (κ1) is 13.5. The van der Waals surface area contributed by atoms with Crippen molar-refractivity contribution in [2.24, 2.45) is 0 Å². The van der Waals surface area contributed by atoms with Crippen molar-refractivity contribution < 1.29 is 0 Å². The van der Waals surface area contributed by atoms with Crippen LogP contribution in [0.5, 0.6) is 0 Å².